The second kappa shape index (κ2) is 2.37. The molecular formula is C8H10N2. The number of allylic oxidation sites excluding steroid dienone is 1. The largest absolute Gasteiger partial charge is 0.297 e. The van der Waals surface area contributed by atoms with E-state index in [1.807, 2.05) is 18.5 Å². The van der Waals surface area contributed by atoms with Crippen LogP contribution in [0, 0.1) is 5.92 Å². The van der Waals surface area contributed by atoms with Crippen molar-refractivity contribution in [1.29, 1.82) is 0 Å². The van der Waals surface area contributed by atoms with Gasteiger partial charge in [0.1, 0.15) is 0 Å². The molecule has 0 aromatic heterocycles. The van der Waals surface area contributed by atoms with E-state index >= 15 is 0 Å². The fraction of sp³-hybridized carbons (Fsp3) is 0.500. The minimum atomic E-state index is 0.485. The van der Waals surface area contributed by atoms with Gasteiger partial charge in [0.25, 0.3) is 0 Å². The molecule has 0 N–H and O–H groups in total. The Kier molecular flexibility index (Phi) is 1.38. The Bertz CT molecular complexity index is 203. The molecule has 0 amide bonds. The lowest BCUT2D eigenvalue weighted by Crippen LogP contribution is -2.25. The van der Waals surface area contributed by atoms with E-state index in [2.05, 4.69) is 16.1 Å². The molecule has 52 valence electrons. The molecule has 0 aromatic rings. The Morgan fingerprint density at radius 3 is 3.30 bits per heavy atom. The van der Waals surface area contributed by atoms with Crippen LogP contribution in [0.3, 0.4) is 0 Å². The van der Waals surface area contributed by atoms with Crippen molar-refractivity contribution in [2.45, 2.75) is 12.5 Å². The molecule has 0 saturated carbocycles. The zero-order chi connectivity index (χ0) is 6.81. The molecule has 0 radical (unpaired) electrons. The Balaban J connectivity index is 2.21. The van der Waals surface area contributed by atoms with E-state index in [0.29, 0.717) is 12.0 Å². The van der Waals surface area contributed by atoms with Crippen molar-refractivity contribution in [3.8, 4) is 0 Å². The van der Waals surface area contributed by atoms with E-state index in [4.69, 9.17) is 0 Å². The maximum Gasteiger partial charge on any atom is 0.0629 e. The van der Waals surface area contributed by atoms with Crippen LogP contribution in [0.5, 0.6) is 0 Å². The summed E-state index contributed by atoms with van der Waals surface area (Å²) in [7, 11) is 0. The van der Waals surface area contributed by atoms with Crippen molar-refractivity contribution < 1.29 is 0 Å². The van der Waals surface area contributed by atoms with E-state index < -0.39 is 0 Å². The summed E-state index contributed by atoms with van der Waals surface area (Å²) in [5.41, 5.74) is 0. The molecule has 0 aromatic carbocycles. The number of hydrogen-bond donors (Lipinski definition) is 0. The molecule has 2 heterocycles. The first-order valence-electron chi connectivity index (χ1n) is 3.67. The molecule has 0 saturated heterocycles. The molecule has 0 bridgehead atoms. The van der Waals surface area contributed by atoms with Gasteiger partial charge >= 0.3 is 0 Å². The summed E-state index contributed by atoms with van der Waals surface area (Å²) < 4.78 is 0. The molecule has 2 aliphatic heterocycles. The van der Waals surface area contributed by atoms with Crippen molar-refractivity contribution in [2.24, 2.45) is 15.9 Å². The van der Waals surface area contributed by atoms with Gasteiger partial charge in [-0.05, 0) is 12.5 Å². The predicted molar refractivity (Wildman–Crippen MR) is 42.9 cm³/mol. The third-order valence-corrected chi connectivity index (χ3v) is 1.97. The summed E-state index contributed by atoms with van der Waals surface area (Å²) in [6.07, 6.45) is 9.18. The van der Waals surface area contributed by atoms with Crippen LogP contribution in [0.25, 0.3) is 0 Å². The topological polar surface area (TPSA) is 24.7 Å². The standard InChI is InChI=1S/C8H10N2/c1-2-7-6-9-5-3-8(7)10-4-1/h1-2,4,6-8H,3,5H2. The molecule has 0 fully saturated rings. The SMILES string of the molecule is C1=CC2C=NCCC2N=C1. The highest BCUT2D eigenvalue weighted by Gasteiger charge is 2.19. The number of nitrogens with zero attached hydrogens (tertiary/aromatic N) is 2. The molecule has 10 heavy (non-hydrogen) atoms. The summed E-state index contributed by atoms with van der Waals surface area (Å²) in [5, 5.41) is 0. The van der Waals surface area contributed by atoms with E-state index in [9.17, 15) is 0 Å². The highest BCUT2D eigenvalue weighted by atomic mass is 14.8. The lowest BCUT2D eigenvalue weighted by atomic mass is 9.94. The molecule has 2 heteroatoms. The number of fused-ring (bicyclic) bond motifs is 1. The Hall–Kier alpha value is -0.920. The van der Waals surface area contributed by atoms with Gasteiger partial charge in [-0.15, -0.1) is 0 Å². The third kappa shape index (κ3) is 0.897. The van der Waals surface area contributed by atoms with Gasteiger partial charge in [0.2, 0.25) is 0 Å². The van der Waals surface area contributed by atoms with Gasteiger partial charge in [-0.25, -0.2) is 0 Å². The second-order valence-electron chi connectivity index (χ2n) is 2.67. The van der Waals surface area contributed by atoms with E-state index in [1.54, 1.807) is 0 Å². The maximum absolute atomic E-state index is 4.35. The number of aliphatic imine (C=N–C) groups is 2. The van der Waals surface area contributed by atoms with Crippen molar-refractivity contribution in [1.82, 2.24) is 0 Å². The van der Waals surface area contributed by atoms with Crippen LogP contribution in [0.4, 0.5) is 0 Å². The molecule has 0 spiro atoms. The van der Waals surface area contributed by atoms with Crippen LogP contribution in [-0.2, 0) is 0 Å². The molecule has 2 rings (SSSR count). The van der Waals surface area contributed by atoms with Gasteiger partial charge in [-0.1, -0.05) is 6.08 Å². The Morgan fingerprint density at radius 2 is 2.40 bits per heavy atom. The van der Waals surface area contributed by atoms with Crippen molar-refractivity contribution in [2.75, 3.05) is 6.54 Å². The van der Waals surface area contributed by atoms with Crippen molar-refractivity contribution in [3.63, 3.8) is 0 Å². The van der Waals surface area contributed by atoms with Crippen molar-refractivity contribution >= 4 is 12.4 Å². The number of dihydropyridines is 1. The lowest BCUT2D eigenvalue weighted by Gasteiger charge is -2.22. The average Bonchev–Trinajstić information content (AvgIpc) is 2.05. The predicted octanol–water partition coefficient (Wildman–Crippen LogP) is 1.09. The maximum atomic E-state index is 4.35. The number of hydrogen-bond acceptors (Lipinski definition) is 2. The molecule has 2 atom stereocenters. The first kappa shape index (κ1) is 5.83. The molecular weight excluding hydrogens is 124 g/mol. The van der Waals surface area contributed by atoms with Crippen LogP contribution in [0.2, 0.25) is 0 Å². The van der Waals surface area contributed by atoms with E-state index in [1.165, 1.54) is 0 Å². The Morgan fingerprint density at radius 1 is 1.40 bits per heavy atom. The van der Waals surface area contributed by atoms with E-state index in [-0.39, 0.29) is 0 Å². The fourth-order valence-electron chi connectivity index (χ4n) is 1.38. The smallest absolute Gasteiger partial charge is 0.0629 e. The normalized spacial score (nSPS) is 36.0. The minimum Gasteiger partial charge on any atom is -0.297 e. The molecule has 0 aliphatic carbocycles. The summed E-state index contributed by atoms with van der Waals surface area (Å²) >= 11 is 0. The van der Waals surface area contributed by atoms with E-state index in [0.717, 1.165) is 13.0 Å². The fourth-order valence-corrected chi connectivity index (χ4v) is 1.38. The summed E-state index contributed by atoms with van der Waals surface area (Å²) in [6, 6.07) is 0.488. The van der Waals surface area contributed by atoms with Crippen LogP contribution >= 0.6 is 0 Å². The van der Waals surface area contributed by atoms with Crippen LogP contribution in [-0.4, -0.2) is 25.0 Å². The quantitative estimate of drug-likeness (QED) is 0.473. The first-order chi connectivity index (χ1) is 4.97. The van der Waals surface area contributed by atoms with Gasteiger partial charge in [-0.2, -0.15) is 0 Å². The zero-order valence-corrected chi connectivity index (χ0v) is 5.77. The van der Waals surface area contributed by atoms with Gasteiger partial charge in [0.05, 0.1) is 6.04 Å². The van der Waals surface area contributed by atoms with Crippen LogP contribution < -0.4 is 0 Å². The molecule has 2 unspecified atom stereocenters. The number of rotatable bonds is 0. The van der Waals surface area contributed by atoms with Gasteiger partial charge in [-0.3, -0.25) is 9.98 Å². The lowest BCUT2D eigenvalue weighted by molar-refractivity contribution is 0.553. The Labute approximate surface area is 60.4 Å². The van der Waals surface area contributed by atoms with Crippen LogP contribution in [0.15, 0.2) is 22.1 Å². The average molecular weight is 134 g/mol. The van der Waals surface area contributed by atoms with Crippen molar-refractivity contribution in [3.05, 3.63) is 12.2 Å². The third-order valence-electron chi connectivity index (χ3n) is 1.97. The minimum absolute atomic E-state index is 0.485. The summed E-state index contributed by atoms with van der Waals surface area (Å²) in [4.78, 5) is 8.56. The van der Waals surface area contributed by atoms with Crippen LogP contribution in [0.1, 0.15) is 6.42 Å². The van der Waals surface area contributed by atoms with Gasteiger partial charge in [0.15, 0.2) is 0 Å². The molecule has 2 nitrogen and oxygen atoms in total. The highest BCUT2D eigenvalue weighted by Crippen LogP contribution is 2.17. The monoisotopic (exact) mass is 134 g/mol. The first-order valence-corrected chi connectivity index (χ1v) is 3.67. The summed E-state index contributed by atoms with van der Waals surface area (Å²) in [6.45, 7) is 0.951. The second-order valence-corrected chi connectivity index (χ2v) is 2.67. The molecule has 2 aliphatic rings. The zero-order valence-electron chi connectivity index (χ0n) is 5.77. The highest BCUT2D eigenvalue weighted by molar-refractivity contribution is 5.77. The van der Waals surface area contributed by atoms with Gasteiger partial charge < -0.3 is 0 Å². The summed E-state index contributed by atoms with van der Waals surface area (Å²) in [5.74, 6) is 0.485. The van der Waals surface area contributed by atoms with Gasteiger partial charge in [0, 0.05) is 24.9 Å².